The van der Waals surface area contributed by atoms with Gasteiger partial charge in [-0.25, -0.2) is 9.07 Å². The lowest BCUT2D eigenvalue weighted by atomic mass is 9.96. The number of rotatable bonds is 11. The van der Waals surface area contributed by atoms with Crippen molar-refractivity contribution in [3.8, 4) is 17.2 Å². The summed E-state index contributed by atoms with van der Waals surface area (Å²) in [5.74, 6) is -0.566. The lowest BCUT2D eigenvalue weighted by Gasteiger charge is -2.29. The lowest BCUT2D eigenvalue weighted by molar-refractivity contribution is -0.141. The molecule has 0 aliphatic heterocycles. The maximum Gasteiger partial charge on any atom is 0.435 e. The predicted octanol–water partition coefficient (Wildman–Crippen LogP) is 7.97. The van der Waals surface area contributed by atoms with Crippen molar-refractivity contribution in [2.75, 3.05) is 26.6 Å². The summed E-state index contributed by atoms with van der Waals surface area (Å²) in [6.07, 6.45) is -1.08. The number of carbonyl (C=O) groups is 1. The van der Waals surface area contributed by atoms with Gasteiger partial charge < -0.3 is 19.4 Å². The van der Waals surface area contributed by atoms with Gasteiger partial charge in [0, 0.05) is 35.3 Å². The van der Waals surface area contributed by atoms with Crippen LogP contribution in [0.4, 0.5) is 23.2 Å². The standard InChI is InChI=1S/C40H36F4N6O3/c1-48(28-13-14-28)37(25-7-5-4-6-8-25)26-11-16-32(41)33(19-26)46-39(51)34-22-36(40(42,43)44)47-50(34)29-12-9-24-17-18-49(38(45)31(24)20-29)23-27-10-15-30(52-2)21-35(27)53-3/h4-12,15-22,28,37,45H,13-14,23H2,1-3H3,(H,46,51). The van der Waals surface area contributed by atoms with Crippen LogP contribution in [0.25, 0.3) is 16.5 Å². The molecule has 1 atom stereocenters. The molecule has 1 saturated carbocycles. The van der Waals surface area contributed by atoms with Crippen molar-refractivity contribution < 1.29 is 31.8 Å². The lowest BCUT2D eigenvalue weighted by Crippen LogP contribution is -2.28. The van der Waals surface area contributed by atoms with E-state index in [2.05, 4.69) is 15.3 Å². The van der Waals surface area contributed by atoms with Gasteiger partial charge in [0.25, 0.3) is 5.91 Å². The third-order valence-corrected chi connectivity index (χ3v) is 9.52. The average Bonchev–Trinajstić information content (AvgIpc) is 3.91. The Labute approximate surface area is 302 Å². The number of amides is 1. The van der Waals surface area contributed by atoms with Gasteiger partial charge in [0.2, 0.25) is 0 Å². The Hall–Kier alpha value is -5.95. The highest BCUT2D eigenvalue weighted by atomic mass is 19.4. The zero-order valence-electron chi connectivity index (χ0n) is 29.1. The zero-order chi connectivity index (χ0) is 37.4. The molecule has 0 saturated heterocycles. The molecule has 1 amide bonds. The minimum Gasteiger partial charge on any atom is -0.497 e. The minimum absolute atomic E-state index is 0.0689. The summed E-state index contributed by atoms with van der Waals surface area (Å²) in [4.78, 5) is 16.0. The van der Waals surface area contributed by atoms with Gasteiger partial charge in [0.1, 0.15) is 28.5 Å². The Kier molecular flexibility index (Phi) is 9.52. The molecule has 6 aromatic rings. The molecule has 272 valence electrons. The molecule has 2 aromatic heterocycles. The number of hydrogen-bond acceptors (Lipinski definition) is 6. The second-order valence-electron chi connectivity index (χ2n) is 13.0. The van der Waals surface area contributed by atoms with Crippen molar-refractivity contribution in [3.05, 3.63) is 143 Å². The molecule has 1 fully saturated rings. The maximum absolute atomic E-state index is 15.3. The van der Waals surface area contributed by atoms with E-state index in [1.807, 2.05) is 43.4 Å². The van der Waals surface area contributed by atoms with E-state index in [4.69, 9.17) is 14.9 Å². The highest BCUT2D eigenvalue weighted by Gasteiger charge is 2.37. The number of nitrogens with zero attached hydrogens (tertiary/aromatic N) is 4. The number of alkyl halides is 3. The van der Waals surface area contributed by atoms with Crippen LogP contribution in [0.2, 0.25) is 0 Å². The summed E-state index contributed by atoms with van der Waals surface area (Å²) < 4.78 is 70.9. The Morgan fingerprint density at radius 3 is 2.43 bits per heavy atom. The average molecular weight is 725 g/mol. The molecule has 1 unspecified atom stereocenters. The highest BCUT2D eigenvalue weighted by molar-refractivity contribution is 6.03. The van der Waals surface area contributed by atoms with E-state index in [1.54, 1.807) is 48.2 Å². The number of pyridine rings is 1. The predicted molar refractivity (Wildman–Crippen MR) is 192 cm³/mol. The van der Waals surface area contributed by atoms with Crippen LogP contribution >= 0.6 is 0 Å². The highest BCUT2D eigenvalue weighted by Crippen LogP contribution is 2.38. The summed E-state index contributed by atoms with van der Waals surface area (Å²) in [6.45, 7) is 0.256. The van der Waals surface area contributed by atoms with Crippen molar-refractivity contribution in [1.29, 1.82) is 5.41 Å². The van der Waals surface area contributed by atoms with Crippen LogP contribution in [0.15, 0.2) is 103 Å². The fourth-order valence-electron chi connectivity index (χ4n) is 6.59. The summed E-state index contributed by atoms with van der Waals surface area (Å²) in [5.41, 5.74) is 0.700. The van der Waals surface area contributed by atoms with Crippen molar-refractivity contribution in [1.82, 2.24) is 19.2 Å². The molecule has 7 rings (SSSR count). The Morgan fingerprint density at radius 1 is 0.962 bits per heavy atom. The first-order valence-electron chi connectivity index (χ1n) is 16.9. The fraction of sp³-hybridized carbons (Fsp3) is 0.225. The van der Waals surface area contributed by atoms with Crippen molar-refractivity contribution in [2.45, 2.75) is 37.6 Å². The number of nitrogens with one attached hydrogen (secondary N) is 2. The molecule has 2 heterocycles. The molecule has 13 heteroatoms. The molecule has 53 heavy (non-hydrogen) atoms. The number of aromatic nitrogens is 3. The first-order valence-corrected chi connectivity index (χ1v) is 16.9. The van der Waals surface area contributed by atoms with Crippen molar-refractivity contribution in [3.63, 3.8) is 0 Å². The van der Waals surface area contributed by atoms with Gasteiger partial charge in [-0.15, -0.1) is 0 Å². The molecular formula is C40H36F4N6O3. The number of anilines is 1. The number of halogens is 4. The zero-order valence-corrected chi connectivity index (χ0v) is 29.1. The second kappa shape index (κ2) is 14.2. The summed E-state index contributed by atoms with van der Waals surface area (Å²) in [7, 11) is 5.08. The summed E-state index contributed by atoms with van der Waals surface area (Å²) >= 11 is 0. The van der Waals surface area contributed by atoms with Gasteiger partial charge in [-0.3, -0.25) is 15.1 Å². The fourth-order valence-corrected chi connectivity index (χ4v) is 6.59. The van der Waals surface area contributed by atoms with E-state index in [0.29, 0.717) is 39.9 Å². The quantitative estimate of drug-likeness (QED) is 0.132. The van der Waals surface area contributed by atoms with E-state index in [0.717, 1.165) is 28.7 Å². The summed E-state index contributed by atoms with van der Waals surface area (Å²) in [5, 5.41) is 16.3. The third-order valence-electron chi connectivity index (χ3n) is 9.52. The van der Waals surface area contributed by atoms with Gasteiger partial charge >= 0.3 is 6.18 Å². The van der Waals surface area contributed by atoms with Gasteiger partial charge in [-0.05, 0) is 78.9 Å². The molecule has 0 spiro atoms. The monoisotopic (exact) mass is 724 g/mol. The largest absolute Gasteiger partial charge is 0.497 e. The van der Waals surface area contributed by atoms with Gasteiger partial charge in [0.05, 0.1) is 38.2 Å². The van der Waals surface area contributed by atoms with Crippen LogP contribution in [0.3, 0.4) is 0 Å². The number of methoxy groups -OCH3 is 2. The number of hydrogen-bond donors (Lipinski definition) is 2. The molecule has 1 aliphatic carbocycles. The Balaban J connectivity index is 1.24. The second-order valence-corrected chi connectivity index (χ2v) is 13.0. The molecule has 9 nitrogen and oxygen atoms in total. The number of carbonyl (C=O) groups excluding carboxylic acids is 1. The minimum atomic E-state index is -4.88. The van der Waals surface area contributed by atoms with E-state index in [-0.39, 0.29) is 29.4 Å². The molecule has 0 bridgehead atoms. The Bertz CT molecular complexity index is 2370. The molecule has 4 aromatic carbocycles. The van der Waals surface area contributed by atoms with E-state index in [1.165, 1.54) is 31.4 Å². The first-order chi connectivity index (χ1) is 25.4. The number of benzene rings is 4. The third kappa shape index (κ3) is 7.25. The number of ether oxygens (including phenoxy) is 2. The normalized spacial score (nSPS) is 13.7. The molecular weight excluding hydrogens is 688 g/mol. The van der Waals surface area contributed by atoms with Crippen LogP contribution in [-0.2, 0) is 12.7 Å². The van der Waals surface area contributed by atoms with Crippen LogP contribution in [0.5, 0.6) is 11.5 Å². The Morgan fingerprint density at radius 2 is 1.74 bits per heavy atom. The summed E-state index contributed by atoms with van der Waals surface area (Å²) in [6, 6.07) is 26.6. The van der Waals surface area contributed by atoms with E-state index < -0.39 is 29.3 Å². The topological polar surface area (TPSA) is 97.4 Å². The number of fused-ring (bicyclic) bond motifs is 1. The van der Waals surface area contributed by atoms with Crippen LogP contribution in [0, 0.1) is 11.2 Å². The van der Waals surface area contributed by atoms with Crippen molar-refractivity contribution >= 4 is 22.4 Å². The van der Waals surface area contributed by atoms with Crippen LogP contribution in [-0.4, -0.2) is 52.5 Å². The maximum atomic E-state index is 15.3. The molecule has 2 N–H and O–H groups in total. The van der Waals surface area contributed by atoms with Gasteiger partial charge in [-0.2, -0.15) is 18.3 Å². The molecule has 0 radical (unpaired) electrons. The smallest absolute Gasteiger partial charge is 0.435 e. The molecule has 1 aliphatic rings. The SMILES string of the molecule is COc1ccc(Cn2ccc3ccc(-n4nc(C(F)(F)F)cc4C(=O)Nc4cc(C(c5ccccc5)N(C)C5CC5)ccc4F)cc3c2=N)c(OC)c1. The van der Waals surface area contributed by atoms with Gasteiger partial charge in [0.15, 0.2) is 5.69 Å². The van der Waals surface area contributed by atoms with E-state index >= 15 is 4.39 Å². The van der Waals surface area contributed by atoms with Gasteiger partial charge in [-0.1, -0.05) is 42.5 Å². The van der Waals surface area contributed by atoms with Crippen LogP contribution in [0.1, 0.15) is 51.8 Å². The first kappa shape index (κ1) is 35.5. The van der Waals surface area contributed by atoms with Crippen molar-refractivity contribution in [2.24, 2.45) is 0 Å². The van der Waals surface area contributed by atoms with E-state index in [9.17, 15) is 18.0 Å². The van der Waals surface area contributed by atoms with Crippen LogP contribution < -0.4 is 20.3 Å².